The van der Waals surface area contributed by atoms with Crippen LogP contribution in [0, 0.1) is 5.41 Å². The third kappa shape index (κ3) is 2.64. The fourth-order valence-corrected chi connectivity index (χ4v) is 1.94. The molecule has 0 spiro atoms. The third-order valence-electron chi connectivity index (χ3n) is 2.54. The predicted octanol–water partition coefficient (Wildman–Crippen LogP) is 2.38. The molecule has 0 atom stereocenters. The fraction of sp³-hybridized carbons (Fsp3) is 0.385. The molecule has 0 radical (unpaired) electrons. The second-order valence-electron chi connectivity index (χ2n) is 5.56. The standard InChI is InChI=1S/C13H18N4/c1-13(2,3)7-8-4-5-10-9(6-8)11(14)17-12(15)16-10/h4-6H,7H2,1-3H3,(H4,14,15,16,17). The van der Waals surface area contributed by atoms with Crippen LogP contribution in [0.5, 0.6) is 0 Å². The second-order valence-corrected chi connectivity index (χ2v) is 5.56. The van der Waals surface area contributed by atoms with E-state index in [-0.39, 0.29) is 11.4 Å². The van der Waals surface area contributed by atoms with Crippen molar-refractivity contribution in [3.63, 3.8) is 0 Å². The highest BCUT2D eigenvalue weighted by atomic mass is 15.0. The van der Waals surface area contributed by atoms with Crippen LogP contribution in [0.25, 0.3) is 10.9 Å². The minimum atomic E-state index is 0.221. The number of nitrogens with two attached hydrogens (primary N) is 2. The van der Waals surface area contributed by atoms with Crippen LogP contribution in [0.2, 0.25) is 0 Å². The van der Waals surface area contributed by atoms with Crippen LogP contribution in [0.15, 0.2) is 18.2 Å². The van der Waals surface area contributed by atoms with Gasteiger partial charge >= 0.3 is 0 Å². The lowest BCUT2D eigenvalue weighted by atomic mass is 9.88. The summed E-state index contributed by atoms with van der Waals surface area (Å²) in [6, 6.07) is 6.07. The molecule has 1 aromatic heterocycles. The molecule has 1 heterocycles. The van der Waals surface area contributed by atoms with Crippen LogP contribution in [-0.2, 0) is 6.42 Å². The average molecular weight is 230 g/mol. The van der Waals surface area contributed by atoms with Crippen molar-refractivity contribution in [3.8, 4) is 0 Å². The Morgan fingerprint density at radius 1 is 1.12 bits per heavy atom. The Bertz CT molecular complexity index is 555. The molecule has 90 valence electrons. The van der Waals surface area contributed by atoms with Crippen LogP contribution in [0.3, 0.4) is 0 Å². The van der Waals surface area contributed by atoms with Crippen LogP contribution in [0.4, 0.5) is 11.8 Å². The van der Waals surface area contributed by atoms with E-state index in [0.29, 0.717) is 5.82 Å². The van der Waals surface area contributed by atoms with E-state index in [4.69, 9.17) is 11.5 Å². The number of fused-ring (bicyclic) bond motifs is 1. The molecule has 2 aromatic rings. The average Bonchev–Trinajstić information content (AvgIpc) is 2.16. The molecule has 17 heavy (non-hydrogen) atoms. The van der Waals surface area contributed by atoms with E-state index in [0.717, 1.165) is 17.3 Å². The van der Waals surface area contributed by atoms with Gasteiger partial charge in [-0.15, -0.1) is 0 Å². The van der Waals surface area contributed by atoms with Crippen molar-refractivity contribution in [2.24, 2.45) is 5.41 Å². The molecule has 2 rings (SSSR count). The predicted molar refractivity (Wildman–Crippen MR) is 71.5 cm³/mol. The number of rotatable bonds is 1. The molecule has 4 nitrogen and oxygen atoms in total. The molecule has 0 saturated carbocycles. The van der Waals surface area contributed by atoms with Crippen molar-refractivity contribution in [2.75, 3.05) is 11.5 Å². The maximum Gasteiger partial charge on any atom is 0.222 e. The number of anilines is 2. The van der Waals surface area contributed by atoms with Gasteiger partial charge in [0.1, 0.15) is 5.82 Å². The molecule has 0 unspecified atom stereocenters. The maximum atomic E-state index is 5.86. The monoisotopic (exact) mass is 230 g/mol. The fourth-order valence-electron chi connectivity index (χ4n) is 1.94. The van der Waals surface area contributed by atoms with Gasteiger partial charge in [0, 0.05) is 5.39 Å². The molecule has 0 fully saturated rings. The van der Waals surface area contributed by atoms with Gasteiger partial charge in [0.25, 0.3) is 0 Å². The molecule has 0 amide bonds. The first-order valence-corrected chi connectivity index (χ1v) is 5.67. The molecule has 0 aliphatic heterocycles. The van der Waals surface area contributed by atoms with Gasteiger partial charge in [0.15, 0.2) is 0 Å². The lowest BCUT2D eigenvalue weighted by Gasteiger charge is -2.18. The topological polar surface area (TPSA) is 77.8 Å². The zero-order chi connectivity index (χ0) is 12.6. The number of nitrogens with zero attached hydrogens (tertiary/aromatic N) is 2. The Labute approximate surface area is 101 Å². The SMILES string of the molecule is CC(C)(C)Cc1ccc2nc(N)nc(N)c2c1. The van der Waals surface area contributed by atoms with E-state index in [1.165, 1.54) is 5.56 Å². The number of nitrogen functional groups attached to an aromatic ring is 2. The zero-order valence-corrected chi connectivity index (χ0v) is 10.5. The largest absolute Gasteiger partial charge is 0.383 e. The van der Waals surface area contributed by atoms with Gasteiger partial charge in [-0.3, -0.25) is 0 Å². The molecule has 0 saturated heterocycles. The first kappa shape index (κ1) is 11.6. The van der Waals surface area contributed by atoms with Crippen molar-refractivity contribution in [3.05, 3.63) is 23.8 Å². The normalized spacial score (nSPS) is 11.9. The summed E-state index contributed by atoms with van der Waals surface area (Å²) in [7, 11) is 0. The molecular formula is C13H18N4. The van der Waals surface area contributed by atoms with Crippen molar-refractivity contribution >= 4 is 22.7 Å². The summed E-state index contributed by atoms with van der Waals surface area (Å²) in [4.78, 5) is 8.14. The van der Waals surface area contributed by atoms with Gasteiger partial charge in [-0.25, -0.2) is 4.98 Å². The van der Waals surface area contributed by atoms with Gasteiger partial charge in [0.2, 0.25) is 5.95 Å². The summed E-state index contributed by atoms with van der Waals surface area (Å²) >= 11 is 0. The van der Waals surface area contributed by atoms with E-state index in [9.17, 15) is 0 Å². The Morgan fingerprint density at radius 3 is 2.47 bits per heavy atom. The highest BCUT2D eigenvalue weighted by molar-refractivity contribution is 5.89. The first-order valence-electron chi connectivity index (χ1n) is 5.67. The van der Waals surface area contributed by atoms with E-state index < -0.39 is 0 Å². The number of hydrogen-bond donors (Lipinski definition) is 2. The first-order chi connectivity index (χ1) is 7.85. The summed E-state index contributed by atoms with van der Waals surface area (Å²) in [5.41, 5.74) is 13.7. The number of benzene rings is 1. The highest BCUT2D eigenvalue weighted by Crippen LogP contribution is 2.25. The van der Waals surface area contributed by atoms with Crippen molar-refractivity contribution in [2.45, 2.75) is 27.2 Å². The molecule has 0 aliphatic rings. The Balaban J connectivity index is 2.51. The Hall–Kier alpha value is -1.84. The summed E-state index contributed by atoms with van der Waals surface area (Å²) in [6.07, 6.45) is 0.993. The van der Waals surface area contributed by atoms with Gasteiger partial charge in [-0.05, 0) is 29.5 Å². The second kappa shape index (κ2) is 3.87. The summed E-state index contributed by atoms with van der Waals surface area (Å²) < 4.78 is 0. The molecular weight excluding hydrogens is 212 g/mol. The van der Waals surface area contributed by atoms with Gasteiger partial charge in [0.05, 0.1) is 5.52 Å². The van der Waals surface area contributed by atoms with E-state index >= 15 is 0 Å². The van der Waals surface area contributed by atoms with E-state index in [2.05, 4.69) is 42.9 Å². The Morgan fingerprint density at radius 2 is 1.82 bits per heavy atom. The van der Waals surface area contributed by atoms with Gasteiger partial charge < -0.3 is 11.5 Å². The van der Waals surface area contributed by atoms with Crippen LogP contribution >= 0.6 is 0 Å². The smallest absolute Gasteiger partial charge is 0.222 e. The van der Waals surface area contributed by atoms with Crippen molar-refractivity contribution in [1.29, 1.82) is 0 Å². The molecule has 0 bridgehead atoms. The molecule has 4 heteroatoms. The van der Waals surface area contributed by atoms with Crippen LogP contribution in [-0.4, -0.2) is 9.97 Å². The molecule has 0 aliphatic carbocycles. The zero-order valence-electron chi connectivity index (χ0n) is 10.5. The summed E-state index contributed by atoms with van der Waals surface area (Å²) in [6.45, 7) is 6.63. The third-order valence-corrected chi connectivity index (χ3v) is 2.54. The quantitative estimate of drug-likeness (QED) is 0.788. The van der Waals surface area contributed by atoms with Gasteiger partial charge in [-0.1, -0.05) is 26.8 Å². The number of hydrogen-bond acceptors (Lipinski definition) is 4. The van der Waals surface area contributed by atoms with Crippen molar-refractivity contribution < 1.29 is 0 Å². The van der Waals surface area contributed by atoms with Crippen molar-refractivity contribution in [1.82, 2.24) is 9.97 Å². The van der Waals surface area contributed by atoms with Crippen LogP contribution < -0.4 is 11.5 Å². The maximum absolute atomic E-state index is 5.86. The molecule has 1 aromatic carbocycles. The summed E-state index contributed by atoms with van der Waals surface area (Å²) in [5.74, 6) is 0.668. The van der Waals surface area contributed by atoms with Gasteiger partial charge in [-0.2, -0.15) is 4.98 Å². The number of aromatic nitrogens is 2. The summed E-state index contributed by atoms with van der Waals surface area (Å²) in [5, 5.41) is 0.876. The van der Waals surface area contributed by atoms with E-state index in [1.54, 1.807) is 0 Å². The Kier molecular flexibility index (Phi) is 2.65. The van der Waals surface area contributed by atoms with Crippen LogP contribution in [0.1, 0.15) is 26.3 Å². The minimum absolute atomic E-state index is 0.221. The minimum Gasteiger partial charge on any atom is -0.383 e. The highest BCUT2D eigenvalue weighted by Gasteiger charge is 2.12. The lowest BCUT2D eigenvalue weighted by molar-refractivity contribution is 0.411. The molecule has 4 N–H and O–H groups in total. The van der Waals surface area contributed by atoms with E-state index in [1.807, 2.05) is 6.07 Å². The lowest BCUT2D eigenvalue weighted by Crippen LogP contribution is -2.09.